The molecule has 0 saturated carbocycles. The largest absolute Gasteiger partial charge is 0.382 e. The fraction of sp³-hybridized carbons (Fsp3) is 0.636. The van der Waals surface area contributed by atoms with E-state index in [1.807, 2.05) is 4.90 Å². The summed E-state index contributed by atoms with van der Waals surface area (Å²) >= 11 is 1.27. The van der Waals surface area contributed by atoms with Gasteiger partial charge in [-0.3, -0.25) is 9.00 Å². The Morgan fingerprint density at radius 2 is 2.40 bits per heavy atom. The van der Waals surface area contributed by atoms with Gasteiger partial charge in [-0.15, -0.1) is 0 Å². The SMILES string of the molecule is CS(=O)CCNC(=O)c1sc(N2CCC(N)C2)nc1N. The summed E-state index contributed by atoms with van der Waals surface area (Å²) in [7, 11) is -0.925. The number of thiazole rings is 1. The van der Waals surface area contributed by atoms with Gasteiger partial charge in [0.1, 0.15) is 10.7 Å². The summed E-state index contributed by atoms with van der Waals surface area (Å²) in [6.45, 7) is 1.94. The van der Waals surface area contributed by atoms with Crippen molar-refractivity contribution in [2.45, 2.75) is 12.5 Å². The van der Waals surface area contributed by atoms with Crippen molar-refractivity contribution in [1.29, 1.82) is 0 Å². The highest BCUT2D eigenvalue weighted by molar-refractivity contribution is 7.84. The van der Waals surface area contributed by atoms with Crippen LogP contribution in [0.15, 0.2) is 0 Å². The molecule has 5 N–H and O–H groups in total. The van der Waals surface area contributed by atoms with Crippen LogP contribution in [0, 0.1) is 0 Å². The first-order valence-electron chi connectivity index (χ1n) is 6.32. The quantitative estimate of drug-likeness (QED) is 0.666. The Morgan fingerprint density at radius 1 is 1.65 bits per heavy atom. The van der Waals surface area contributed by atoms with Crippen LogP contribution in [0.5, 0.6) is 0 Å². The minimum absolute atomic E-state index is 0.150. The second-order valence-electron chi connectivity index (χ2n) is 4.74. The van der Waals surface area contributed by atoms with E-state index in [9.17, 15) is 9.00 Å². The molecule has 112 valence electrons. The van der Waals surface area contributed by atoms with Gasteiger partial charge in [0.15, 0.2) is 5.13 Å². The number of nitrogens with one attached hydrogen (secondary N) is 1. The molecule has 0 radical (unpaired) electrons. The van der Waals surface area contributed by atoms with Crippen LogP contribution in [0.4, 0.5) is 10.9 Å². The van der Waals surface area contributed by atoms with Crippen LogP contribution < -0.4 is 21.7 Å². The fourth-order valence-corrected chi connectivity index (χ4v) is 3.29. The number of nitrogens with zero attached hydrogens (tertiary/aromatic N) is 2. The minimum atomic E-state index is -0.925. The van der Waals surface area contributed by atoms with Gasteiger partial charge in [0.2, 0.25) is 0 Å². The van der Waals surface area contributed by atoms with Crippen LogP contribution in [0.3, 0.4) is 0 Å². The molecule has 1 aliphatic heterocycles. The molecule has 0 bridgehead atoms. The first-order valence-corrected chi connectivity index (χ1v) is 8.86. The lowest BCUT2D eigenvalue weighted by atomic mass is 10.3. The van der Waals surface area contributed by atoms with Crippen molar-refractivity contribution in [3.05, 3.63) is 4.88 Å². The second-order valence-corrected chi connectivity index (χ2v) is 7.27. The molecule has 0 spiro atoms. The number of anilines is 2. The van der Waals surface area contributed by atoms with Crippen LogP contribution in [0.2, 0.25) is 0 Å². The van der Waals surface area contributed by atoms with Gasteiger partial charge in [0, 0.05) is 48.5 Å². The van der Waals surface area contributed by atoms with E-state index in [0.717, 1.165) is 24.6 Å². The molecule has 1 aromatic rings. The summed E-state index contributed by atoms with van der Waals surface area (Å²) in [5.41, 5.74) is 11.7. The van der Waals surface area contributed by atoms with Crippen molar-refractivity contribution in [2.75, 3.05) is 42.3 Å². The number of nitrogen functional groups attached to an aromatic ring is 1. The third-order valence-corrected chi connectivity index (χ3v) is 4.93. The number of nitrogens with two attached hydrogens (primary N) is 2. The van der Waals surface area contributed by atoms with E-state index < -0.39 is 10.8 Å². The molecule has 1 aromatic heterocycles. The zero-order valence-electron chi connectivity index (χ0n) is 11.3. The molecule has 0 aromatic carbocycles. The number of rotatable bonds is 5. The second kappa shape index (κ2) is 6.51. The monoisotopic (exact) mass is 317 g/mol. The Kier molecular flexibility index (Phi) is 4.95. The molecule has 2 unspecified atom stereocenters. The molecule has 7 nitrogen and oxygen atoms in total. The highest BCUT2D eigenvalue weighted by Gasteiger charge is 2.24. The lowest BCUT2D eigenvalue weighted by Gasteiger charge is -2.12. The number of aromatic nitrogens is 1. The molecular formula is C11H19N5O2S2. The number of hydrogen-bond donors (Lipinski definition) is 3. The van der Waals surface area contributed by atoms with Gasteiger partial charge >= 0.3 is 0 Å². The smallest absolute Gasteiger partial charge is 0.265 e. The Labute approximate surface area is 124 Å². The number of carbonyl (C=O) groups excluding carboxylic acids is 1. The lowest BCUT2D eigenvalue weighted by Crippen LogP contribution is -2.27. The maximum absolute atomic E-state index is 12.0. The summed E-state index contributed by atoms with van der Waals surface area (Å²) < 4.78 is 10.9. The van der Waals surface area contributed by atoms with Gasteiger partial charge in [0.25, 0.3) is 5.91 Å². The molecule has 2 rings (SSSR count). The molecule has 1 saturated heterocycles. The Hall–Kier alpha value is -1.19. The predicted octanol–water partition coefficient (Wildman–Crippen LogP) is -0.629. The third kappa shape index (κ3) is 3.68. The summed E-state index contributed by atoms with van der Waals surface area (Å²) in [6, 6.07) is 0.150. The molecule has 20 heavy (non-hydrogen) atoms. The van der Waals surface area contributed by atoms with Gasteiger partial charge in [0.05, 0.1) is 0 Å². The maximum Gasteiger partial charge on any atom is 0.265 e. The maximum atomic E-state index is 12.0. The van der Waals surface area contributed by atoms with Crippen LogP contribution in [-0.4, -0.2) is 52.8 Å². The molecule has 9 heteroatoms. The van der Waals surface area contributed by atoms with Crippen molar-refractivity contribution >= 4 is 39.0 Å². The molecular weight excluding hydrogens is 298 g/mol. The first kappa shape index (κ1) is 15.2. The van der Waals surface area contributed by atoms with Crippen LogP contribution in [0.25, 0.3) is 0 Å². The molecule has 1 aliphatic rings. The predicted molar refractivity (Wildman–Crippen MR) is 82.6 cm³/mol. The number of hydrogen-bond acceptors (Lipinski definition) is 7. The van der Waals surface area contributed by atoms with E-state index in [0.29, 0.717) is 17.2 Å². The van der Waals surface area contributed by atoms with Crippen LogP contribution in [0.1, 0.15) is 16.1 Å². The summed E-state index contributed by atoms with van der Waals surface area (Å²) in [5, 5.41) is 3.43. The van der Waals surface area contributed by atoms with Gasteiger partial charge in [-0.25, -0.2) is 4.98 Å². The average Bonchev–Trinajstić information content (AvgIpc) is 2.95. The van der Waals surface area contributed by atoms with E-state index >= 15 is 0 Å². The summed E-state index contributed by atoms with van der Waals surface area (Å²) in [6.07, 6.45) is 2.52. The van der Waals surface area contributed by atoms with E-state index in [4.69, 9.17) is 11.5 Å². The van der Waals surface area contributed by atoms with Crippen LogP contribution in [-0.2, 0) is 10.8 Å². The summed E-state index contributed by atoms with van der Waals surface area (Å²) in [4.78, 5) is 18.7. The van der Waals surface area contributed by atoms with Crippen molar-refractivity contribution < 1.29 is 9.00 Å². The third-order valence-electron chi connectivity index (χ3n) is 3.02. The van der Waals surface area contributed by atoms with Crippen LogP contribution >= 0.6 is 11.3 Å². The molecule has 0 aliphatic carbocycles. The minimum Gasteiger partial charge on any atom is -0.382 e. The van der Waals surface area contributed by atoms with Gasteiger partial charge < -0.3 is 21.7 Å². The van der Waals surface area contributed by atoms with Crippen molar-refractivity contribution in [3.63, 3.8) is 0 Å². The van der Waals surface area contributed by atoms with E-state index in [-0.39, 0.29) is 17.8 Å². The molecule has 2 heterocycles. The van der Waals surface area contributed by atoms with Gasteiger partial charge in [-0.05, 0) is 6.42 Å². The molecule has 2 atom stereocenters. The zero-order chi connectivity index (χ0) is 14.7. The number of amides is 1. The normalized spacial score (nSPS) is 20.1. The van der Waals surface area contributed by atoms with E-state index in [1.165, 1.54) is 11.3 Å². The van der Waals surface area contributed by atoms with Gasteiger partial charge in [-0.2, -0.15) is 0 Å². The molecule has 1 amide bonds. The van der Waals surface area contributed by atoms with Crippen molar-refractivity contribution in [3.8, 4) is 0 Å². The Morgan fingerprint density at radius 3 is 3.00 bits per heavy atom. The fourth-order valence-electron chi connectivity index (χ4n) is 1.97. The topological polar surface area (TPSA) is 114 Å². The standard InChI is InChI=1S/C11H19N5O2S2/c1-20(18)5-3-14-10(17)8-9(13)15-11(19-8)16-4-2-7(12)6-16/h7H,2-6,12-13H2,1H3,(H,14,17). The molecule has 1 fully saturated rings. The summed E-state index contributed by atoms with van der Waals surface area (Å²) in [5.74, 6) is 0.402. The number of carbonyl (C=O) groups is 1. The van der Waals surface area contributed by atoms with Crippen molar-refractivity contribution in [1.82, 2.24) is 10.3 Å². The Bertz CT molecular complexity index is 519. The average molecular weight is 317 g/mol. The highest BCUT2D eigenvalue weighted by Crippen LogP contribution is 2.30. The Balaban J connectivity index is 2.00. The zero-order valence-corrected chi connectivity index (χ0v) is 12.9. The first-order chi connectivity index (χ1) is 9.47. The van der Waals surface area contributed by atoms with E-state index in [2.05, 4.69) is 10.3 Å². The van der Waals surface area contributed by atoms with Crippen molar-refractivity contribution in [2.24, 2.45) is 5.73 Å². The lowest BCUT2D eigenvalue weighted by molar-refractivity contribution is 0.0961. The van der Waals surface area contributed by atoms with E-state index in [1.54, 1.807) is 6.26 Å². The van der Waals surface area contributed by atoms with Gasteiger partial charge in [-0.1, -0.05) is 11.3 Å². The highest BCUT2D eigenvalue weighted by atomic mass is 32.2.